The molecule has 0 saturated carbocycles. The van der Waals surface area contributed by atoms with Crippen molar-refractivity contribution in [2.45, 2.75) is 57.3 Å². The first-order chi connectivity index (χ1) is 28.1. The number of rotatable bonds is 10. The Morgan fingerprint density at radius 1 is 0.724 bits per heavy atom. The lowest BCUT2D eigenvalue weighted by Crippen LogP contribution is -2.51. The molecule has 2 aliphatic heterocycles. The van der Waals surface area contributed by atoms with Crippen molar-refractivity contribution in [1.29, 1.82) is 0 Å². The number of methoxy groups -OCH3 is 2. The zero-order valence-electron chi connectivity index (χ0n) is 32.8. The molecule has 14 nitrogen and oxygen atoms in total. The van der Waals surface area contributed by atoms with Crippen LogP contribution in [0.2, 0.25) is 0 Å². The number of nitrogens with one attached hydrogen (secondary N) is 4. The molecular formula is C44H46N8O6. The van der Waals surface area contributed by atoms with Crippen LogP contribution in [-0.2, 0) is 19.1 Å². The molecule has 2 aromatic heterocycles. The fraction of sp³-hybridized carbons (Fsp3) is 0.318. The van der Waals surface area contributed by atoms with Gasteiger partial charge in [0, 0.05) is 18.7 Å². The molecule has 4 N–H and O–H groups in total. The molecule has 0 aliphatic carbocycles. The standard InChI is InChI=1S/C44H46N8O6/c1-25(2)37(49-43(55)57-3)41(53)51-19-8-11-35(51)39-45-24-34(48-39)31-15-14-27-21-28(12-13-29(27)22-31)30-16-17-32-33(23-30)47-40(46-32)36-18-20-52(36)42(54)38(50-44(56)58-4)26-9-6-5-7-10-26/h5-7,9-10,12-17,21-25,35-38H,8,11,18-20H2,1-4H3,(H,45,48)(H,46,47)(H,49,55)(H,50,56)/t35-,36-,37-,38+/m0/s1. The first-order valence-electron chi connectivity index (χ1n) is 19.6. The summed E-state index contributed by atoms with van der Waals surface area (Å²) in [6.07, 6.45) is 2.88. The summed E-state index contributed by atoms with van der Waals surface area (Å²) in [5, 5.41) is 7.54. The van der Waals surface area contributed by atoms with Gasteiger partial charge in [-0.15, -0.1) is 0 Å². The van der Waals surface area contributed by atoms with Crippen LogP contribution in [-0.4, -0.2) is 87.1 Å². The molecule has 58 heavy (non-hydrogen) atoms. The number of fused-ring (bicyclic) bond motifs is 2. The predicted molar refractivity (Wildman–Crippen MR) is 218 cm³/mol. The van der Waals surface area contributed by atoms with Crippen LogP contribution < -0.4 is 10.6 Å². The normalized spacial score (nSPS) is 17.5. The summed E-state index contributed by atoms with van der Waals surface area (Å²) in [5.74, 6) is 0.945. The van der Waals surface area contributed by atoms with Gasteiger partial charge in [-0.05, 0) is 76.9 Å². The first-order valence-corrected chi connectivity index (χ1v) is 19.6. The van der Waals surface area contributed by atoms with E-state index in [1.807, 2.05) is 61.3 Å². The average molecular weight is 783 g/mol. The van der Waals surface area contributed by atoms with Gasteiger partial charge in [0.1, 0.15) is 23.7 Å². The molecule has 6 aromatic rings. The Morgan fingerprint density at radius 3 is 2.09 bits per heavy atom. The van der Waals surface area contributed by atoms with Crippen LogP contribution in [0.1, 0.15) is 68.4 Å². The van der Waals surface area contributed by atoms with E-state index >= 15 is 0 Å². The van der Waals surface area contributed by atoms with Crippen LogP contribution in [0.25, 0.3) is 44.2 Å². The van der Waals surface area contributed by atoms with E-state index in [1.165, 1.54) is 14.2 Å². The average Bonchev–Trinajstić information content (AvgIpc) is 4.01. The molecule has 2 saturated heterocycles. The first kappa shape index (κ1) is 38.2. The molecule has 4 amide bonds. The maximum Gasteiger partial charge on any atom is 0.407 e. The number of hydrogen-bond acceptors (Lipinski definition) is 8. The number of imidazole rings is 2. The number of H-pyrrole nitrogens is 2. The fourth-order valence-electron chi connectivity index (χ4n) is 8.02. The van der Waals surface area contributed by atoms with Gasteiger partial charge in [-0.2, -0.15) is 0 Å². The van der Waals surface area contributed by atoms with Gasteiger partial charge in [0.2, 0.25) is 5.91 Å². The Morgan fingerprint density at radius 2 is 1.38 bits per heavy atom. The SMILES string of the molecule is COC(=O)N[C@H](C(=O)N1CCC[C@H]1c1ncc(-c2ccc3cc(-c4ccc5nc([C@@H]6CCN6C(=O)[C@H](NC(=O)OC)c6ccccc6)[nH]c5c4)ccc3c2)[nH]1)C(C)C. The predicted octanol–water partition coefficient (Wildman–Crippen LogP) is 7.19. The summed E-state index contributed by atoms with van der Waals surface area (Å²) in [7, 11) is 2.57. The minimum atomic E-state index is -0.879. The number of ether oxygens (including phenoxy) is 2. The third kappa shape index (κ3) is 7.44. The van der Waals surface area contributed by atoms with Crippen molar-refractivity contribution < 1.29 is 28.7 Å². The highest BCUT2D eigenvalue weighted by Gasteiger charge is 2.40. The second kappa shape index (κ2) is 16.0. The van der Waals surface area contributed by atoms with Crippen LogP contribution >= 0.6 is 0 Å². The molecule has 0 radical (unpaired) electrons. The number of aromatic nitrogens is 4. The third-order valence-corrected chi connectivity index (χ3v) is 11.3. The van der Waals surface area contributed by atoms with Gasteiger partial charge in [-0.1, -0.05) is 74.5 Å². The molecular weight excluding hydrogens is 737 g/mol. The third-order valence-electron chi connectivity index (χ3n) is 11.3. The molecule has 4 atom stereocenters. The Kier molecular flexibility index (Phi) is 10.6. The minimum absolute atomic E-state index is 0.111. The lowest BCUT2D eigenvalue weighted by atomic mass is 9.98. The lowest BCUT2D eigenvalue weighted by Gasteiger charge is -2.41. The van der Waals surface area contributed by atoms with Crippen molar-refractivity contribution in [3.05, 3.63) is 108 Å². The molecule has 2 aliphatic rings. The molecule has 8 rings (SSSR count). The van der Waals surface area contributed by atoms with Gasteiger partial charge in [-0.3, -0.25) is 9.59 Å². The second-order valence-electron chi connectivity index (χ2n) is 15.2. The molecule has 298 valence electrons. The van der Waals surface area contributed by atoms with E-state index in [1.54, 1.807) is 4.90 Å². The number of amides is 4. The highest BCUT2D eigenvalue weighted by Crippen LogP contribution is 2.37. The maximum absolute atomic E-state index is 13.8. The van der Waals surface area contributed by atoms with Gasteiger partial charge in [0.15, 0.2) is 0 Å². The van der Waals surface area contributed by atoms with Gasteiger partial charge < -0.3 is 39.9 Å². The van der Waals surface area contributed by atoms with Gasteiger partial charge >= 0.3 is 12.2 Å². The topological polar surface area (TPSA) is 175 Å². The number of hydrogen-bond donors (Lipinski definition) is 4. The van der Waals surface area contributed by atoms with Gasteiger partial charge in [-0.25, -0.2) is 19.6 Å². The summed E-state index contributed by atoms with van der Waals surface area (Å²) < 4.78 is 9.58. The number of nitrogens with zero attached hydrogens (tertiary/aromatic N) is 4. The summed E-state index contributed by atoms with van der Waals surface area (Å²) in [6, 6.07) is 25.9. The number of aromatic amines is 2. The smallest absolute Gasteiger partial charge is 0.407 e. The van der Waals surface area contributed by atoms with Gasteiger partial charge in [0.05, 0.1) is 49.2 Å². The van der Waals surface area contributed by atoms with Crippen molar-refractivity contribution in [2.75, 3.05) is 27.3 Å². The van der Waals surface area contributed by atoms with Crippen molar-refractivity contribution >= 4 is 45.8 Å². The van der Waals surface area contributed by atoms with E-state index < -0.39 is 24.3 Å². The minimum Gasteiger partial charge on any atom is -0.453 e. The van der Waals surface area contributed by atoms with Crippen LogP contribution in [0.3, 0.4) is 0 Å². The summed E-state index contributed by atoms with van der Waals surface area (Å²) >= 11 is 0. The monoisotopic (exact) mass is 782 g/mol. The Bertz CT molecular complexity index is 2500. The van der Waals surface area contributed by atoms with E-state index in [9.17, 15) is 19.2 Å². The molecule has 2 fully saturated rings. The van der Waals surface area contributed by atoms with Crippen LogP contribution in [0.4, 0.5) is 9.59 Å². The second-order valence-corrected chi connectivity index (χ2v) is 15.2. The van der Waals surface area contributed by atoms with Crippen molar-refractivity contribution in [3.63, 3.8) is 0 Å². The number of carbonyl (C=O) groups is 4. The highest BCUT2D eigenvalue weighted by atomic mass is 16.5. The zero-order valence-corrected chi connectivity index (χ0v) is 32.8. The van der Waals surface area contributed by atoms with Crippen LogP contribution in [0, 0.1) is 5.92 Å². The number of carbonyl (C=O) groups excluding carboxylic acids is 4. The molecule has 14 heteroatoms. The van der Waals surface area contributed by atoms with Crippen molar-refractivity contribution in [3.8, 4) is 22.4 Å². The Balaban J connectivity index is 0.976. The summed E-state index contributed by atoms with van der Waals surface area (Å²) in [5.41, 5.74) is 6.26. The molecule has 0 bridgehead atoms. The Labute approximate surface area is 335 Å². The molecule has 4 heterocycles. The number of alkyl carbamates (subject to hydrolysis) is 2. The fourth-order valence-corrected chi connectivity index (χ4v) is 8.02. The number of likely N-dealkylation sites (tertiary alicyclic amines) is 2. The number of benzene rings is 4. The highest BCUT2D eigenvalue weighted by molar-refractivity contribution is 5.92. The van der Waals surface area contributed by atoms with Crippen LogP contribution in [0.5, 0.6) is 0 Å². The largest absolute Gasteiger partial charge is 0.453 e. The molecule has 4 aromatic carbocycles. The van der Waals surface area contributed by atoms with E-state index in [2.05, 4.69) is 69.1 Å². The summed E-state index contributed by atoms with van der Waals surface area (Å²) in [4.78, 5) is 71.6. The van der Waals surface area contributed by atoms with Crippen LogP contribution in [0.15, 0.2) is 91.1 Å². The van der Waals surface area contributed by atoms with E-state index in [4.69, 9.17) is 19.4 Å². The maximum atomic E-state index is 13.8. The van der Waals surface area contributed by atoms with Gasteiger partial charge in [0.25, 0.3) is 5.91 Å². The van der Waals surface area contributed by atoms with E-state index in [0.29, 0.717) is 24.5 Å². The lowest BCUT2D eigenvalue weighted by molar-refractivity contribution is -0.142. The van der Waals surface area contributed by atoms with E-state index in [0.717, 1.165) is 69.3 Å². The molecule has 0 spiro atoms. The molecule has 0 unspecified atom stereocenters. The summed E-state index contributed by atoms with van der Waals surface area (Å²) in [6.45, 7) is 4.94. The van der Waals surface area contributed by atoms with E-state index in [-0.39, 0.29) is 29.8 Å². The zero-order chi connectivity index (χ0) is 40.5. The van der Waals surface area contributed by atoms with Crippen molar-refractivity contribution in [2.24, 2.45) is 5.92 Å². The quantitative estimate of drug-likeness (QED) is 0.113. The van der Waals surface area contributed by atoms with Crippen molar-refractivity contribution in [1.82, 2.24) is 40.4 Å². The Hall–Kier alpha value is -6.70.